The lowest BCUT2D eigenvalue weighted by atomic mass is 9.86. The Bertz CT molecular complexity index is 1290. The summed E-state index contributed by atoms with van der Waals surface area (Å²) in [6, 6.07) is 12.8. The maximum atomic E-state index is 6.45. The molecule has 2 aromatic carbocycles. The van der Waals surface area contributed by atoms with Crippen molar-refractivity contribution in [2.45, 2.75) is 33.5 Å². The van der Waals surface area contributed by atoms with Gasteiger partial charge in [-0.05, 0) is 41.3 Å². The highest BCUT2D eigenvalue weighted by Gasteiger charge is 2.31. The van der Waals surface area contributed by atoms with Gasteiger partial charge in [0, 0.05) is 10.0 Å². The third-order valence-electron chi connectivity index (χ3n) is 5.04. The van der Waals surface area contributed by atoms with Gasteiger partial charge in [0.1, 0.15) is 24.5 Å². The van der Waals surface area contributed by atoms with Crippen LogP contribution in [0.15, 0.2) is 61.3 Å². The summed E-state index contributed by atoms with van der Waals surface area (Å²) in [4.78, 5) is 4.11. The Hall–Kier alpha value is -2.71. The second-order valence-corrected chi connectivity index (χ2v) is 9.99. The normalized spacial score (nSPS) is 13.3. The van der Waals surface area contributed by atoms with E-state index in [1.165, 1.54) is 6.33 Å². The Morgan fingerprint density at radius 3 is 2.56 bits per heavy atom. The van der Waals surface area contributed by atoms with Crippen molar-refractivity contribution in [3.05, 3.63) is 87.6 Å². The summed E-state index contributed by atoms with van der Waals surface area (Å²) in [7, 11) is 0. The molecule has 1 atom stereocenters. The molecule has 10 heteroatoms. The van der Waals surface area contributed by atoms with Crippen molar-refractivity contribution in [1.82, 2.24) is 29.8 Å². The largest absolute Gasteiger partial charge is 0.365 e. The van der Waals surface area contributed by atoms with Crippen molar-refractivity contribution in [3.8, 4) is 5.69 Å². The van der Waals surface area contributed by atoms with Crippen LogP contribution in [0, 0.1) is 5.41 Å². The van der Waals surface area contributed by atoms with E-state index < -0.39 is 0 Å². The fourth-order valence-corrected chi connectivity index (χ4v) is 4.13. The maximum Gasteiger partial charge on any atom is 0.138 e. The van der Waals surface area contributed by atoms with Gasteiger partial charge in [-0.25, -0.2) is 14.3 Å². The minimum atomic E-state index is -0.383. The monoisotopic (exact) mass is 516 g/mol. The molecule has 4 aromatic rings. The van der Waals surface area contributed by atoms with Crippen LogP contribution in [0.2, 0.25) is 15.1 Å². The molecule has 0 radical (unpaired) electrons. The van der Waals surface area contributed by atoms with Gasteiger partial charge in [0.25, 0.3) is 0 Å². The highest BCUT2D eigenvalue weighted by Crippen LogP contribution is 2.34. The Labute approximate surface area is 212 Å². The van der Waals surface area contributed by atoms with Gasteiger partial charge in [0.05, 0.1) is 29.2 Å². The van der Waals surface area contributed by atoms with E-state index in [0.29, 0.717) is 20.8 Å². The van der Waals surface area contributed by atoms with Crippen LogP contribution in [0.4, 0.5) is 0 Å². The van der Waals surface area contributed by atoms with Crippen molar-refractivity contribution in [3.63, 3.8) is 0 Å². The third-order valence-corrected chi connectivity index (χ3v) is 5.92. The van der Waals surface area contributed by atoms with Crippen molar-refractivity contribution >= 4 is 46.6 Å². The smallest absolute Gasteiger partial charge is 0.138 e. The SMILES string of the molecule is CC(C)(C)C(OCc1cn(-c2ccccc2Cl)nn1)/C(=C/c1ccc(Cl)cc1Cl)n1cncn1. The van der Waals surface area contributed by atoms with Crippen molar-refractivity contribution < 1.29 is 4.74 Å². The van der Waals surface area contributed by atoms with E-state index in [-0.39, 0.29) is 18.1 Å². The summed E-state index contributed by atoms with van der Waals surface area (Å²) >= 11 is 18.8. The van der Waals surface area contributed by atoms with E-state index in [4.69, 9.17) is 39.5 Å². The first-order valence-corrected chi connectivity index (χ1v) is 11.6. The quantitative estimate of drug-likeness (QED) is 0.282. The van der Waals surface area contributed by atoms with Gasteiger partial charge < -0.3 is 4.74 Å². The van der Waals surface area contributed by atoms with Crippen molar-refractivity contribution in [1.29, 1.82) is 0 Å². The maximum absolute atomic E-state index is 6.45. The van der Waals surface area contributed by atoms with Crippen LogP contribution < -0.4 is 0 Å². The molecule has 0 bridgehead atoms. The Morgan fingerprint density at radius 1 is 1.09 bits per heavy atom. The highest BCUT2D eigenvalue weighted by molar-refractivity contribution is 6.35. The minimum absolute atomic E-state index is 0.229. The minimum Gasteiger partial charge on any atom is -0.365 e. The van der Waals surface area contributed by atoms with Crippen molar-refractivity contribution in [2.75, 3.05) is 0 Å². The molecule has 0 saturated carbocycles. The van der Waals surface area contributed by atoms with E-state index in [9.17, 15) is 0 Å². The lowest BCUT2D eigenvalue weighted by Crippen LogP contribution is -2.33. The average Bonchev–Trinajstić information content (AvgIpc) is 3.46. The molecule has 0 aliphatic rings. The molecule has 176 valence electrons. The molecule has 0 saturated heterocycles. The second kappa shape index (κ2) is 10.3. The van der Waals surface area contributed by atoms with E-state index in [2.05, 4.69) is 41.2 Å². The van der Waals surface area contributed by atoms with Gasteiger partial charge in [0.2, 0.25) is 0 Å². The number of halogens is 3. The zero-order valence-electron chi connectivity index (χ0n) is 18.9. The number of hydrogen-bond donors (Lipinski definition) is 0. The molecule has 34 heavy (non-hydrogen) atoms. The van der Waals surface area contributed by atoms with Crippen LogP contribution in [0.5, 0.6) is 0 Å². The van der Waals surface area contributed by atoms with Crippen LogP contribution >= 0.6 is 34.8 Å². The fourth-order valence-electron chi connectivity index (χ4n) is 3.45. The molecule has 2 heterocycles. The number of hydrogen-bond acceptors (Lipinski definition) is 5. The highest BCUT2D eigenvalue weighted by atomic mass is 35.5. The Balaban J connectivity index is 1.65. The van der Waals surface area contributed by atoms with Gasteiger partial charge in [-0.1, -0.05) is 79.0 Å². The molecular formula is C24H23Cl3N6O. The van der Waals surface area contributed by atoms with Gasteiger partial charge >= 0.3 is 0 Å². The van der Waals surface area contributed by atoms with Gasteiger partial charge in [0.15, 0.2) is 0 Å². The van der Waals surface area contributed by atoms with Crippen LogP contribution in [-0.2, 0) is 11.3 Å². The predicted octanol–water partition coefficient (Wildman–Crippen LogP) is 6.45. The summed E-state index contributed by atoms with van der Waals surface area (Å²) < 4.78 is 9.73. The first-order chi connectivity index (χ1) is 16.2. The molecule has 0 N–H and O–H groups in total. The molecule has 0 aliphatic carbocycles. The lowest BCUT2D eigenvalue weighted by Gasteiger charge is -2.32. The van der Waals surface area contributed by atoms with E-state index in [0.717, 1.165) is 16.9 Å². The summed E-state index contributed by atoms with van der Waals surface area (Å²) in [5, 5.41) is 14.5. The number of aromatic nitrogens is 6. The van der Waals surface area contributed by atoms with Crippen LogP contribution in [0.25, 0.3) is 17.5 Å². The molecule has 4 rings (SSSR count). The number of nitrogens with zero attached hydrogens (tertiary/aromatic N) is 6. The average molecular weight is 518 g/mol. The lowest BCUT2D eigenvalue weighted by molar-refractivity contribution is 0.00609. The van der Waals surface area contributed by atoms with E-state index in [1.54, 1.807) is 34.0 Å². The first kappa shape index (κ1) is 24.4. The zero-order valence-corrected chi connectivity index (χ0v) is 21.1. The number of benzene rings is 2. The fraction of sp³-hybridized carbons (Fsp3) is 0.250. The zero-order chi connectivity index (χ0) is 24.3. The van der Waals surface area contributed by atoms with Crippen LogP contribution in [0.1, 0.15) is 32.0 Å². The number of ether oxygens (including phenoxy) is 1. The number of para-hydroxylation sites is 1. The molecule has 1 unspecified atom stereocenters. The van der Waals surface area contributed by atoms with Gasteiger partial charge in [-0.3, -0.25) is 0 Å². The predicted molar refractivity (Wildman–Crippen MR) is 135 cm³/mol. The molecule has 2 aromatic heterocycles. The molecule has 0 amide bonds. The second-order valence-electron chi connectivity index (χ2n) is 8.74. The molecule has 7 nitrogen and oxygen atoms in total. The third kappa shape index (κ3) is 5.67. The van der Waals surface area contributed by atoms with Crippen molar-refractivity contribution in [2.24, 2.45) is 5.41 Å². The molecule has 0 aliphatic heterocycles. The van der Waals surface area contributed by atoms with Gasteiger partial charge in [-0.2, -0.15) is 5.10 Å². The van der Waals surface area contributed by atoms with E-state index in [1.807, 2.05) is 36.4 Å². The molecular weight excluding hydrogens is 495 g/mol. The van der Waals surface area contributed by atoms with Crippen LogP contribution in [0.3, 0.4) is 0 Å². The summed E-state index contributed by atoms with van der Waals surface area (Å²) in [5.41, 5.74) is 2.68. The number of rotatable bonds is 7. The summed E-state index contributed by atoms with van der Waals surface area (Å²) in [6.07, 6.45) is 6.46. The Morgan fingerprint density at radius 2 is 1.88 bits per heavy atom. The standard InChI is InChI=1S/C24H23Cl3N6O/c1-24(2,3)23(34-13-18-12-32(31-30-18)21-7-5-4-6-19(21)26)22(33-15-28-14-29-33)10-16-8-9-17(25)11-20(16)27/h4-12,14-15,23H,13H2,1-3H3/b22-10-. The van der Waals surface area contributed by atoms with Crippen LogP contribution in [-0.4, -0.2) is 35.9 Å². The first-order valence-electron chi connectivity index (χ1n) is 10.5. The summed E-state index contributed by atoms with van der Waals surface area (Å²) in [5.74, 6) is 0. The molecule has 0 fully saturated rings. The summed E-state index contributed by atoms with van der Waals surface area (Å²) in [6.45, 7) is 6.50. The Kier molecular flexibility index (Phi) is 7.38. The van der Waals surface area contributed by atoms with Gasteiger partial charge in [-0.15, -0.1) is 5.10 Å². The molecule has 0 spiro atoms. The topological polar surface area (TPSA) is 70.7 Å². The van der Waals surface area contributed by atoms with E-state index >= 15 is 0 Å².